The van der Waals surface area contributed by atoms with Gasteiger partial charge in [0, 0.05) is 56.4 Å². The van der Waals surface area contributed by atoms with Crippen LogP contribution in [0.4, 0.5) is 0 Å². The second-order valence-electron chi connectivity index (χ2n) is 7.79. The van der Waals surface area contributed by atoms with Gasteiger partial charge in [0.15, 0.2) is 0 Å². The summed E-state index contributed by atoms with van der Waals surface area (Å²) in [6.45, 7) is 3.90. The van der Waals surface area contributed by atoms with Crippen molar-refractivity contribution in [1.82, 2.24) is 14.8 Å². The zero-order chi connectivity index (χ0) is 19.8. The summed E-state index contributed by atoms with van der Waals surface area (Å²) >= 11 is 5.98. The lowest BCUT2D eigenvalue weighted by molar-refractivity contribution is -0.130. The molecular weight excluding hydrogens is 370 g/mol. The number of amides is 1. The molecule has 0 bridgehead atoms. The van der Waals surface area contributed by atoms with Crippen LogP contribution in [0.2, 0.25) is 5.02 Å². The highest BCUT2D eigenvalue weighted by Crippen LogP contribution is 2.23. The van der Waals surface area contributed by atoms with Gasteiger partial charge in [0.05, 0.1) is 0 Å². The lowest BCUT2D eigenvalue weighted by atomic mass is 9.93. The van der Waals surface area contributed by atoms with E-state index in [0.29, 0.717) is 12.3 Å². The Morgan fingerprint density at radius 3 is 2.82 bits per heavy atom. The van der Waals surface area contributed by atoms with Crippen LogP contribution in [0, 0.1) is 5.92 Å². The average Bonchev–Trinajstić information content (AvgIpc) is 2.73. The van der Waals surface area contributed by atoms with E-state index in [-0.39, 0.29) is 5.91 Å². The first kappa shape index (κ1) is 20.8. The van der Waals surface area contributed by atoms with Crippen molar-refractivity contribution in [3.8, 4) is 0 Å². The summed E-state index contributed by atoms with van der Waals surface area (Å²) in [6.07, 6.45) is 6.66. The minimum Gasteiger partial charge on any atom is -0.345 e. The number of hydrogen-bond acceptors (Lipinski definition) is 3. The summed E-state index contributed by atoms with van der Waals surface area (Å²) in [5.74, 6) is 0.847. The molecule has 2 heterocycles. The number of likely N-dealkylation sites (N-methyl/N-ethyl adjacent to an activating group) is 1. The number of nitrogens with zero attached hydrogens (tertiary/aromatic N) is 3. The van der Waals surface area contributed by atoms with Crippen molar-refractivity contribution in [2.24, 2.45) is 5.92 Å². The quantitative estimate of drug-likeness (QED) is 0.658. The fourth-order valence-electron chi connectivity index (χ4n) is 3.85. The average molecular weight is 400 g/mol. The number of likely N-dealkylation sites (tertiary alicyclic amines) is 1. The lowest BCUT2D eigenvalue weighted by Crippen LogP contribution is -2.36. The van der Waals surface area contributed by atoms with E-state index in [4.69, 9.17) is 11.6 Å². The largest absolute Gasteiger partial charge is 0.345 e. The molecule has 1 amide bonds. The van der Waals surface area contributed by atoms with E-state index in [1.165, 1.54) is 18.4 Å². The number of benzene rings is 1. The van der Waals surface area contributed by atoms with Gasteiger partial charge in [-0.25, -0.2) is 0 Å². The van der Waals surface area contributed by atoms with Crippen LogP contribution in [0.25, 0.3) is 0 Å². The van der Waals surface area contributed by atoms with Gasteiger partial charge in [-0.2, -0.15) is 0 Å². The SMILES string of the molecule is CN(CCc1ccccn1)C(=O)CCC1CCCN(Cc2ccc(Cl)cc2)C1. The van der Waals surface area contributed by atoms with E-state index in [1.807, 2.05) is 42.3 Å². The molecule has 2 aromatic rings. The van der Waals surface area contributed by atoms with E-state index in [9.17, 15) is 4.79 Å². The number of aromatic nitrogens is 1. The maximum Gasteiger partial charge on any atom is 0.222 e. The standard InChI is InChI=1S/C23H30ClN3O/c1-26(16-13-22-6-2-3-14-25-22)23(28)12-9-19-5-4-15-27(17-19)18-20-7-10-21(24)11-8-20/h2-3,6-8,10-11,14,19H,4-5,9,12-13,15-18H2,1H3. The van der Waals surface area contributed by atoms with Crippen molar-refractivity contribution in [1.29, 1.82) is 0 Å². The second-order valence-corrected chi connectivity index (χ2v) is 8.23. The number of pyridine rings is 1. The molecule has 0 spiro atoms. The molecule has 1 aromatic heterocycles. The maximum absolute atomic E-state index is 12.5. The van der Waals surface area contributed by atoms with Gasteiger partial charge in [0.25, 0.3) is 0 Å². The minimum absolute atomic E-state index is 0.241. The first-order chi connectivity index (χ1) is 13.6. The van der Waals surface area contributed by atoms with E-state index in [0.717, 1.165) is 49.7 Å². The molecule has 3 rings (SSSR count). The molecule has 1 aromatic carbocycles. The third kappa shape index (κ3) is 6.61. The van der Waals surface area contributed by atoms with Crippen molar-refractivity contribution in [2.45, 2.75) is 38.6 Å². The van der Waals surface area contributed by atoms with Crippen LogP contribution in [0.5, 0.6) is 0 Å². The second kappa shape index (κ2) is 10.6. The Hall–Kier alpha value is -1.91. The topological polar surface area (TPSA) is 36.4 Å². The van der Waals surface area contributed by atoms with E-state index >= 15 is 0 Å². The molecule has 1 atom stereocenters. The highest BCUT2D eigenvalue weighted by atomic mass is 35.5. The van der Waals surface area contributed by atoms with Gasteiger partial charge < -0.3 is 4.90 Å². The molecule has 4 nitrogen and oxygen atoms in total. The Morgan fingerprint density at radius 2 is 2.07 bits per heavy atom. The van der Waals surface area contributed by atoms with Gasteiger partial charge in [-0.3, -0.25) is 14.7 Å². The number of carbonyl (C=O) groups excluding carboxylic acids is 1. The van der Waals surface area contributed by atoms with Gasteiger partial charge in [0.1, 0.15) is 0 Å². The molecule has 1 aliphatic heterocycles. The predicted molar refractivity (Wildman–Crippen MR) is 114 cm³/mol. The fraction of sp³-hybridized carbons (Fsp3) is 0.478. The molecule has 1 aliphatic rings. The monoisotopic (exact) mass is 399 g/mol. The van der Waals surface area contributed by atoms with Crippen LogP contribution >= 0.6 is 11.6 Å². The Labute approximate surface area is 173 Å². The molecule has 1 fully saturated rings. The maximum atomic E-state index is 12.5. The Morgan fingerprint density at radius 1 is 1.25 bits per heavy atom. The molecular formula is C23H30ClN3O. The summed E-state index contributed by atoms with van der Waals surface area (Å²) in [7, 11) is 1.90. The van der Waals surface area contributed by atoms with Crippen molar-refractivity contribution in [3.63, 3.8) is 0 Å². The number of carbonyl (C=O) groups is 1. The smallest absolute Gasteiger partial charge is 0.222 e. The van der Waals surface area contributed by atoms with Crippen molar-refractivity contribution < 1.29 is 4.79 Å². The first-order valence-electron chi connectivity index (χ1n) is 10.2. The molecule has 5 heteroatoms. The molecule has 0 saturated carbocycles. The summed E-state index contributed by atoms with van der Waals surface area (Å²) in [5, 5.41) is 0.783. The lowest BCUT2D eigenvalue weighted by Gasteiger charge is -2.33. The first-order valence-corrected chi connectivity index (χ1v) is 10.6. The van der Waals surface area contributed by atoms with Gasteiger partial charge in [-0.15, -0.1) is 0 Å². The summed E-state index contributed by atoms with van der Waals surface area (Å²) in [5.41, 5.74) is 2.34. The molecule has 0 aliphatic carbocycles. The van der Waals surface area contributed by atoms with E-state index in [1.54, 1.807) is 6.20 Å². The number of hydrogen-bond donors (Lipinski definition) is 0. The van der Waals surface area contributed by atoms with Crippen LogP contribution in [0.3, 0.4) is 0 Å². The zero-order valence-electron chi connectivity index (χ0n) is 16.7. The van der Waals surface area contributed by atoms with Gasteiger partial charge in [-0.05, 0) is 61.6 Å². The molecule has 1 saturated heterocycles. The number of piperidine rings is 1. The third-order valence-electron chi connectivity index (χ3n) is 5.54. The van der Waals surface area contributed by atoms with Crippen LogP contribution in [-0.4, -0.2) is 47.4 Å². The highest BCUT2D eigenvalue weighted by Gasteiger charge is 2.21. The number of rotatable bonds is 8. The molecule has 1 unspecified atom stereocenters. The number of halogens is 1. The minimum atomic E-state index is 0.241. The van der Waals surface area contributed by atoms with Crippen molar-refractivity contribution >= 4 is 17.5 Å². The summed E-state index contributed by atoms with van der Waals surface area (Å²) < 4.78 is 0. The Kier molecular flexibility index (Phi) is 7.87. The summed E-state index contributed by atoms with van der Waals surface area (Å²) in [4.78, 5) is 21.2. The summed E-state index contributed by atoms with van der Waals surface area (Å²) in [6, 6.07) is 14.0. The van der Waals surface area contributed by atoms with Gasteiger partial charge in [0.2, 0.25) is 5.91 Å². The predicted octanol–water partition coefficient (Wildman–Crippen LogP) is 4.43. The zero-order valence-corrected chi connectivity index (χ0v) is 17.4. The Balaban J connectivity index is 1.39. The molecule has 150 valence electrons. The third-order valence-corrected chi connectivity index (χ3v) is 5.80. The van der Waals surface area contributed by atoms with E-state index in [2.05, 4.69) is 22.0 Å². The van der Waals surface area contributed by atoms with Crippen molar-refractivity contribution in [2.75, 3.05) is 26.7 Å². The van der Waals surface area contributed by atoms with Crippen LogP contribution < -0.4 is 0 Å². The molecule has 0 radical (unpaired) electrons. The van der Waals surface area contributed by atoms with Crippen LogP contribution in [0.1, 0.15) is 36.9 Å². The van der Waals surface area contributed by atoms with Crippen LogP contribution in [0.15, 0.2) is 48.7 Å². The van der Waals surface area contributed by atoms with Crippen LogP contribution in [-0.2, 0) is 17.8 Å². The van der Waals surface area contributed by atoms with Gasteiger partial charge in [-0.1, -0.05) is 29.8 Å². The highest BCUT2D eigenvalue weighted by molar-refractivity contribution is 6.30. The van der Waals surface area contributed by atoms with Gasteiger partial charge >= 0.3 is 0 Å². The normalized spacial score (nSPS) is 17.4. The Bertz CT molecular complexity index is 735. The van der Waals surface area contributed by atoms with Crippen molar-refractivity contribution in [3.05, 3.63) is 64.9 Å². The van der Waals surface area contributed by atoms with E-state index < -0.39 is 0 Å². The molecule has 0 N–H and O–H groups in total. The fourth-order valence-corrected chi connectivity index (χ4v) is 3.98. The molecule has 28 heavy (non-hydrogen) atoms.